The Morgan fingerprint density at radius 2 is 1.86 bits per heavy atom. The van der Waals surface area contributed by atoms with Crippen LogP contribution in [-0.2, 0) is 4.79 Å². The fourth-order valence-corrected chi connectivity index (χ4v) is 6.05. The third-order valence-electron chi connectivity index (χ3n) is 6.54. The average Bonchev–Trinajstić information content (AvgIpc) is 3.51. The number of carbonyl (C=O) groups excluding carboxylic acids is 2. The Hall–Kier alpha value is -3.11. The van der Waals surface area contributed by atoms with Crippen LogP contribution in [0, 0.1) is 18.8 Å². The molecule has 0 bridgehead atoms. The van der Waals surface area contributed by atoms with Crippen LogP contribution in [0.2, 0.25) is 0 Å². The van der Waals surface area contributed by atoms with Crippen LogP contribution in [-0.4, -0.2) is 38.9 Å². The molecule has 1 aliphatic rings. The highest BCUT2D eigenvalue weighted by Crippen LogP contribution is 2.40. The van der Waals surface area contributed by atoms with Gasteiger partial charge in [-0.2, -0.15) is 0 Å². The zero-order chi connectivity index (χ0) is 26.0. The van der Waals surface area contributed by atoms with Gasteiger partial charge in [-0.05, 0) is 70.1 Å². The molecule has 3 aromatic heterocycles. The van der Waals surface area contributed by atoms with E-state index >= 15 is 0 Å². The first kappa shape index (κ1) is 26.0. The summed E-state index contributed by atoms with van der Waals surface area (Å²) in [6, 6.07) is 3.46. The van der Waals surface area contributed by atoms with Crippen LogP contribution in [0.1, 0.15) is 72.2 Å². The van der Waals surface area contributed by atoms with Crippen molar-refractivity contribution in [2.75, 3.05) is 10.2 Å². The van der Waals surface area contributed by atoms with Gasteiger partial charge in [0.15, 0.2) is 0 Å². The van der Waals surface area contributed by atoms with E-state index < -0.39 is 5.97 Å². The van der Waals surface area contributed by atoms with Gasteiger partial charge >= 0.3 is 5.97 Å². The zero-order valence-corrected chi connectivity index (χ0v) is 22.4. The number of anilines is 2. The molecule has 1 fully saturated rings. The van der Waals surface area contributed by atoms with Crippen molar-refractivity contribution in [3.05, 3.63) is 45.4 Å². The summed E-state index contributed by atoms with van der Waals surface area (Å²) in [5, 5.41) is 14.4. The Morgan fingerprint density at radius 1 is 1.14 bits per heavy atom. The van der Waals surface area contributed by atoms with Gasteiger partial charge in [0.2, 0.25) is 5.91 Å². The summed E-state index contributed by atoms with van der Waals surface area (Å²) in [4.78, 5) is 49.0. The Kier molecular flexibility index (Phi) is 7.85. The molecule has 0 unspecified atom stereocenters. The summed E-state index contributed by atoms with van der Waals surface area (Å²) >= 11 is 2.46. The number of aryl methyl sites for hydroxylation is 1. The quantitative estimate of drug-likeness (QED) is 0.385. The van der Waals surface area contributed by atoms with Crippen molar-refractivity contribution in [2.45, 2.75) is 59.4 Å². The van der Waals surface area contributed by atoms with Gasteiger partial charge in [0.1, 0.15) is 16.4 Å². The van der Waals surface area contributed by atoms with Crippen molar-refractivity contribution in [1.29, 1.82) is 0 Å². The van der Waals surface area contributed by atoms with Crippen molar-refractivity contribution in [3.8, 4) is 10.4 Å². The van der Waals surface area contributed by atoms with Gasteiger partial charge in [-0.25, -0.2) is 14.8 Å². The number of thiazole rings is 1. The van der Waals surface area contributed by atoms with Gasteiger partial charge in [-0.15, -0.1) is 22.7 Å². The first-order valence-electron chi connectivity index (χ1n) is 12.0. The number of hydrogen-bond acceptors (Lipinski definition) is 7. The van der Waals surface area contributed by atoms with E-state index in [-0.39, 0.29) is 28.7 Å². The number of nitrogens with zero attached hydrogens (tertiary/aromatic N) is 3. The maximum absolute atomic E-state index is 13.5. The molecule has 8 nitrogen and oxygen atoms in total. The minimum Gasteiger partial charge on any atom is -0.477 e. The molecule has 36 heavy (non-hydrogen) atoms. The van der Waals surface area contributed by atoms with Crippen molar-refractivity contribution >= 4 is 52.0 Å². The number of carboxylic acids is 1. The van der Waals surface area contributed by atoms with E-state index in [2.05, 4.69) is 22.2 Å². The monoisotopic (exact) mass is 526 g/mol. The number of carbonyl (C=O) groups is 3. The van der Waals surface area contributed by atoms with Crippen molar-refractivity contribution < 1.29 is 19.5 Å². The first-order chi connectivity index (χ1) is 17.2. The van der Waals surface area contributed by atoms with Crippen LogP contribution in [0.3, 0.4) is 0 Å². The minimum absolute atomic E-state index is 0.00171. The van der Waals surface area contributed by atoms with E-state index in [1.807, 2.05) is 26.8 Å². The van der Waals surface area contributed by atoms with Gasteiger partial charge in [0.25, 0.3) is 5.91 Å². The Morgan fingerprint density at radius 3 is 2.44 bits per heavy atom. The number of aromatic carboxylic acids is 1. The molecular formula is C26H30N4O4S2. The van der Waals surface area contributed by atoms with E-state index in [1.54, 1.807) is 28.1 Å². The molecule has 3 aromatic rings. The second-order valence-corrected chi connectivity index (χ2v) is 11.4. The number of thiophene rings is 1. The predicted molar refractivity (Wildman–Crippen MR) is 143 cm³/mol. The molecule has 0 atom stereocenters. The van der Waals surface area contributed by atoms with E-state index in [4.69, 9.17) is 0 Å². The fourth-order valence-electron chi connectivity index (χ4n) is 4.55. The lowest BCUT2D eigenvalue weighted by molar-refractivity contribution is -0.123. The van der Waals surface area contributed by atoms with Crippen LogP contribution in [0.25, 0.3) is 10.4 Å². The van der Waals surface area contributed by atoms with Crippen LogP contribution in [0.15, 0.2) is 29.2 Å². The molecule has 3 heterocycles. The van der Waals surface area contributed by atoms with Crippen LogP contribution < -0.4 is 10.2 Å². The van der Waals surface area contributed by atoms with Gasteiger partial charge < -0.3 is 15.3 Å². The Labute approximate surface area is 218 Å². The van der Waals surface area contributed by atoms with Crippen molar-refractivity contribution in [2.24, 2.45) is 11.8 Å². The number of hydrogen-bond donors (Lipinski definition) is 2. The lowest BCUT2D eigenvalue weighted by Gasteiger charge is -2.33. The molecule has 2 amide bonds. The van der Waals surface area contributed by atoms with Crippen LogP contribution in [0.5, 0.6) is 0 Å². The van der Waals surface area contributed by atoms with E-state index in [0.717, 1.165) is 48.1 Å². The molecule has 0 aromatic carbocycles. The second-order valence-electron chi connectivity index (χ2n) is 9.61. The first-order valence-corrected chi connectivity index (χ1v) is 13.8. The van der Waals surface area contributed by atoms with Gasteiger partial charge in [0, 0.05) is 34.0 Å². The highest BCUT2D eigenvalue weighted by molar-refractivity contribution is 7.18. The van der Waals surface area contributed by atoms with Gasteiger partial charge in [-0.1, -0.05) is 6.92 Å². The highest BCUT2D eigenvalue weighted by atomic mass is 32.1. The third-order valence-corrected chi connectivity index (χ3v) is 8.29. The molecule has 0 aliphatic heterocycles. The summed E-state index contributed by atoms with van der Waals surface area (Å²) in [6.45, 7) is 7.86. The van der Waals surface area contributed by atoms with Crippen LogP contribution in [0.4, 0.5) is 11.5 Å². The maximum atomic E-state index is 13.5. The van der Waals surface area contributed by atoms with Crippen LogP contribution >= 0.6 is 22.7 Å². The van der Waals surface area contributed by atoms with Gasteiger partial charge in [-0.3, -0.25) is 9.59 Å². The molecule has 0 radical (unpaired) electrons. The standard InChI is InChI=1S/C26H30N4O4S2/c1-14(2)30(25(32)17-7-5-15(3)6-8-17)20-10-21(36-22(20)26(33)34)18-9-16(4)23(27-11-18)29-24(31)19-12-35-13-28-19/h9-15,17H,5-8H2,1-4H3,(H,33,34)(H,27,29,31)/t15-,17-. The Balaban J connectivity index is 1.63. The molecule has 10 heteroatoms. The van der Waals surface area contributed by atoms with Crippen molar-refractivity contribution in [1.82, 2.24) is 9.97 Å². The highest BCUT2D eigenvalue weighted by Gasteiger charge is 2.33. The number of pyridine rings is 1. The van der Waals surface area contributed by atoms with E-state index in [0.29, 0.717) is 28.0 Å². The number of rotatable bonds is 7. The second kappa shape index (κ2) is 10.9. The summed E-state index contributed by atoms with van der Waals surface area (Å²) in [5.74, 6) is -0.453. The zero-order valence-electron chi connectivity index (χ0n) is 20.8. The number of aromatic nitrogens is 2. The number of carboxylic acid groups (broad SMARTS) is 1. The molecule has 0 spiro atoms. The van der Waals surface area contributed by atoms with Crippen molar-refractivity contribution in [3.63, 3.8) is 0 Å². The van der Waals surface area contributed by atoms with E-state index in [9.17, 15) is 19.5 Å². The fraction of sp³-hybridized carbons (Fsp3) is 0.423. The summed E-state index contributed by atoms with van der Waals surface area (Å²) < 4.78 is 0. The third kappa shape index (κ3) is 5.49. The molecule has 2 N–H and O–H groups in total. The number of nitrogens with one attached hydrogen (secondary N) is 1. The molecule has 1 aliphatic carbocycles. The summed E-state index contributed by atoms with van der Waals surface area (Å²) in [6.07, 6.45) is 5.30. The largest absolute Gasteiger partial charge is 0.477 e. The minimum atomic E-state index is -1.06. The maximum Gasteiger partial charge on any atom is 0.348 e. The number of amides is 2. The lowest BCUT2D eigenvalue weighted by atomic mass is 9.82. The molecule has 1 saturated carbocycles. The molecule has 190 valence electrons. The lowest BCUT2D eigenvalue weighted by Crippen LogP contribution is -2.42. The summed E-state index contributed by atoms with van der Waals surface area (Å²) in [5.41, 5.74) is 3.80. The predicted octanol–water partition coefficient (Wildman–Crippen LogP) is 6.09. The topological polar surface area (TPSA) is 112 Å². The van der Waals surface area contributed by atoms with E-state index in [1.165, 1.54) is 11.3 Å². The molecular weight excluding hydrogens is 496 g/mol. The average molecular weight is 527 g/mol. The summed E-state index contributed by atoms with van der Waals surface area (Å²) in [7, 11) is 0. The normalized spacial score (nSPS) is 17.7. The molecule has 4 rings (SSSR count). The van der Waals surface area contributed by atoms with Gasteiger partial charge in [0.05, 0.1) is 11.2 Å². The SMILES string of the molecule is Cc1cc(-c2cc(N(C(=O)[C@H]3CC[C@H](C)CC3)C(C)C)c(C(=O)O)s2)cnc1NC(=O)c1cscn1. The smallest absolute Gasteiger partial charge is 0.348 e. The Bertz CT molecular complexity index is 1260. The molecule has 0 saturated heterocycles.